The second kappa shape index (κ2) is 6.83. The number of carboxylic acids is 1. The third-order valence-electron chi connectivity index (χ3n) is 2.91. The van der Waals surface area contributed by atoms with Crippen molar-refractivity contribution in [3.8, 4) is 0 Å². The number of hydrogen-bond donors (Lipinski definition) is 1. The van der Waals surface area contributed by atoms with E-state index in [1.165, 1.54) is 13.5 Å². The third-order valence-corrected chi connectivity index (χ3v) is 2.91. The van der Waals surface area contributed by atoms with Crippen LogP contribution in [-0.2, 0) is 14.3 Å². The van der Waals surface area contributed by atoms with Crippen molar-refractivity contribution in [3.63, 3.8) is 0 Å². The number of rotatable bonds is 6. The second-order valence-corrected chi connectivity index (χ2v) is 4.24. The van der Waals surface area contributed by atoms with Crippen LogP contribution in [0.2, 0.25) is 0 Å². The van der Waals surface area contributed by atoms with Crippen LogP contribution in [-0.4, -0.2) is 62.0 Å². The van der Waals surface area contributed by atoms with Gasteiger partial charge in [-0.05, 0) is 26.3 Å². The van der Waals surface area contributed by atoms with Crippen molar-refractivity contribution < 1.29 is 19.4 Å². The Hall–Kier alpha value is -0.650. The first kappa shape index (κ1) is 13.4. The van der Waals surface area contributed by atoms with Crippen molar-refractivity contribution in [3.05, 3.63) is 0 Å². The minimum absolute atomic E-state index is 0.164. The van der Waals surface area contributed by atoms with Crippen molar-refractivity contribution in [2.75, 3.05) is 33.9 Å². The molecule has 1 fully saturated rings. The average molecular weight is 231 g/mol. The molecule has 1 rings (SSSR count). The highest BCUT2D eigenvalue weighted by molar-refractivity contribution is 5.73. The van der Waals surface area contributed by atoms with Crippen molar-refractivity contribution in [1.29, 1.82) is 0 Å². The van der Waals surface area contributed by atoms with Gasteiger partial charge in [0.25, 0.3) is 0 Å². The summed E-state index contributed by atoms with van der Waals surface area (Å²) < 4.78 is 10.5. The van der Waals surface area contributed by atoms with Crippen LogP contribution in [0.1, 0.15) is 19.3 Å². The summed E-state index contributed by atoms with van der Waals surface area (Å²) in [6.45, 7) is 1.65. The summed E-state index contributed by atoms with van der Waals surface area (Å²) in [5.74, 6) is -0.847. The summed E-state index contributed by atoms with van der Waals surface area (Å²) >= 11 is 0. The molecular formula is C11H21NO4. The molecule has 1 aliphatic rings. The SMILES string of the molecule is COCC(C(=O)O)N(C)CC1CCCCO1. The molecule has 0 aromatic rings. The quantitative estimate of drug-likeness (QED) is 0.725. The smallest absolute Gasteiger partial charge is 0.323 e. The number of carbonyl (C=O) groups is 1. The Balaban J connectivity index is 2.40. The zero-order valence-electron chi connectivity index (χ0n) is 10.0. The lowest BCUT2D eigenvalue weighted by Crippen LogP contribution is -2.46. The highest BCUT2D eigenvalue weighted by Gasteiger charge is 2.25. The molecule has 5 heteroatoms. The summed E-state index contributed by atoms with van der Waals surface area (Å²) in [4.78, 5) is 12.8. The predicted molar refractivity (Wildman–Crippen MR) is 59.5 cm³/mol. The van der Waals surface area contributed by atoms with Crippen molar-refractivity contribution in [2.45, 2.75) is 31.4 Å². The van der Waals surface area contributed by atoms with Crippen LogP contribution >= 0.6 is 0 Å². The summed E-state index contributed by atoms with van der Waals surface area (Å²) in [6, 6.07) is -0.587. The third kappa shape index (κ3) is 4.08. The maximum atomic E-state index is 11.0. The normalized spacial score (nSPS) is 23.3. The summed E-state index contributed by atoms with van der Waals surface area (Å²) in [6.07, 6.45) is 3.46. The Morgan fingerprint density at radius 1 is 1.62 bits per heavy atom. The van der Waals surface area contributed by atoms with Gasteiger partial charge < -0.3 is 14.6 Å². The van der Waals surface area contributed by atoms with Crippen molar-refractivity contribution >= 4 is 5.97 Å². The van der Waals surface area contributed by atoms with E-state index in [2.05, 4.69) is 0 Å². The lowest BCUT2D eigenvalue weighted by molar-refractivity contribution is -0.145. The van der Waals surface area contributed by atoms with Crippen LogP contribution < -0.4 is 0 Å². The first-order valence-electron chi connectivity index (χ1n) is 5.68. The fourth-order valence-corrected chi connectivity index (χ4v) is 1.94. The molecule has 1 N–H and O–H groups in total. The highest BCUT2D eigenvalue weighted by atomic mass is 16.5. The largest absolute Gasteiger partial charge is 0.480 e. The summed E-state index contributed by atoms with van der Waals surface area (Å²) in [7, 11) is 3.32. The Kier molecular flexibility index (Phi) is 5.73. The van der Waals surface area contributed by atoms with Gasteiger partial charge in [-0.2, -0.15) is 0 Å². The molecule has 5 nitrogen and oxygen atoms in total. The number of ether oxygens (including phenoxy) is 2. The second-order valence-electron chi connectivity index (χ2n) is 4.24. The Labute approximate surface area is 96.3 Å². The number of aliphatic carboxylic acids is 1. The van der Waals surface area contributed by atoms with E-state index in [-0.39, 0.29) is 12.7 Å². The first-order chi connectivity index (χ1) is 7.65. The van der Waals surface area contributed by atoms with Crippen LogP contribution in [0, 0.1) is 0 Å². The van der Waals surface area contributed by atoms with Crippen LogP contribution in [0.15, 0.2) is 0 Å². The molecule has 0 aromatic carbocycles. The zero-order chi connectivity index (χ0) is 12.0. The summed E-state index contributed by atoms with van der Waals surface area (Å²) in [5.41, 5.74) is 0. The zero-order valence-corrected chi connectivity index (χ0v) is 10.0. The Morgan fingerprint density at radius 3 is 2.88 bits per heavy atom. The molecule has 2 atom stereocenters. The van der Waals surface area contributed by atoms with Crippen LogP contribution in [0.25, 0.3) is 0 Å². The molecule has 94 valence electrons. The molecule has 0 amide bonds. The molecular weight excluding hydrogens is 210 g/mol. The van der Waals surface area contributed by atoms with Gasteiger partial charge in [0, 0.05) is 20.3 Å². The highest BCUT2D eigenvalue weighted by Crippen LogP contribution is 2.14. The van der Waals surface area contributed by atoms with Crippen LogP contribution in [0.4, 0.5) is 0 Å². The molecule has 1 aliphatic heterocycles. The first-order valence-corrected chi connectivity index (χ1v) is 5.68. The predicted octanol–water partition coefficient (Wildman–Crippen LogP) is 0.587. The van der Waals surface area contributed by atoms with E-state index in [0.717, 1.165) is 19.4 Å². The number of hydrogen-bond acceptors (Lipinski definition) is 4. The van der Waals surface area contributed by atoms with Gasteiger partial charge in [-0.3, -0.25) is 9.69 Å². The monoisotopic (exact) mass is 231 g/mol. The minimum Gasteiger partial charge on any atom is -0.480 e. The fraction of sp³-hybridized carbons (Fsp3) is 0.909. The average Bonchev–Trinajstić information content (AvgIpc) is 2.26. The lowest BCUT2D eigenvalue weighted by Gasteiger charge is -2.30. The molecule has 0 aliphatic carbocycles. The molecule has 0 aromatic heterocycles. The molecule has 16 heavy (non-hydrogen) atoms. The molecule has 0 bridgehead atoms. The maximum Gasteiger partial charge on any atom is 0.323 e. The minimum atomic E-state index is -0.847. The van der Waals surface area contributed by atoms with Gasteiger partial charge in [-0.15, -0.1) is 0 Å². The van der Waals surface area contributed by atoms with Crippen molar-refractivity contribution in [1.82, 2.24) is 4.90 Å². The van der Waals surface area contributed by atoms with Crippen LogP contribution in [0.5, 0.6) is 0 Å². The van der Waals surface area contributed by atoms with E-state index in [1.54, 1.807) is 11.9 Å². The molecule has 1 heterocycles. The van der Waals surface area contributed by atoms with Crippen molar-refractivity contribution in [2.24, 2.45) is 0 Å². The van der Waals surface area contributed by atoms with E-state index < -0.39 is 12.0 Å². The number of carboxylic acid groups (broad SMARTS) is 1. The van der Waals surface area contributed by atoms with Gasteiger partial charge >= 0.3 is 5.97 Å². The Bertz CT molecular complexity index is 216. The van der Waals surface area contributed by atoms with Gasteiger partial charge in [0.2, 0.25) is 0 Å². The topological polar surface area (TPSA) is 59.0 Å². The van der Waals surface area contributed by atoms with Gasteiger partial charge in [0.1, 0.15) is 6.04 Å². The molecule has 1 saturated heterocycles. The van der Waals surface area contributed by atoms with Gasteiger partial charge in [-0.25, -0.2) is 0 Å². The Morgan fingerprint density at radius 2 is 2.38 bits per heavy atom. The standard InChI is InChI=1S/C11H21NO4/c1-12(10(8-15-2)11(13)14)7-9-5-3-4-6-16-9/h9-10H,3-8H2,1-2H3,(H,13,14). The maximum absolute atomic E-state index is 11.0. The molecule has 0 saturated carbocycles. The van der Waals surface area contributed by atoms with Gasteiger partial charge in [-0.1, -0.05) is 0 Å². The van der Waals surface area contributed by atoms with E-state index in [9.17, 15) is 4.79 Å². The fourth-order valence-electron chi connectivity index (χ4n) is 1.94. The van der Waals surface area contributed by atoms with Gasteiger partial charge in [0.15, 0.2) is 0 Å². The number of methoxy groups -OCH3 is 1. The number of nitrogens with zero attached hydrogens (tertiary/aromatic N) is 1. The van der Waals surface area contributed by atoms with E-state index in [4.69, 9.17) is 14.6 Å². The van der Waals surface area contributed by atoms with Gasteiger partial charge in [0.05, 0.1) is 12.7 Å². The summed E-state index contributed by atoms with van der Waals surface area (Å²) in [5, 5.41) is 9.04. The van der Waals surface area contributed by atoms with Crippen LogP contribution in [0.3, 0.4) is 0 Å². The van der Waals surface area contributed by atoms with E-state index >= 15 is 0 Å². The lowest BCUT2D eigenvalue weighted by atomic mass is 10.1. The van der Waals surface area contributed by atoms with E-state index in [1.807, 2.05) is 0 Å². The number of likely N-dealkylation sites (N-methyl/N-ethyl adjacent to an activating group) is 1. The molecule has 0 spiro atoms. The molecule has 0 radical (unpaired) electrons. The molecule has 2 unspecified atom stereocenters. The van der Waals surface area contributed by atoms with E-state index in [0.29, 0.717) is 6.54 Å².